The summed E-state index contributed by atoms with van der Waals surface area (Å²) in [6, 6.07) is 2.26. The summed E-state index contributed by atoms with van der Waals surface area (Å²) in [4.78, 5) is 7.24. The third-order valence-corrected chi connectivity index (χ3v) is 4.95. The summed E-state index contributed by atoms with van der Waals surface area (Å²) >= 11 is 1.83. The predicted octanol–water partition coefficient (Wildman–Crippen LogP) is 4.56. The molecule has 0 aliphatic heterocycles. The Kier molecular flexibility index (Phi) is 5.78. The van der Waals surface area contributed by atoms with Gasteiger partial charge in [0.2, 0.25) is 0 Å². The van der Waals surface area contributed by atoms with Gasteiger partial charge in [-0.1, -0.05) is 33.6 Å². The lowest BCUT2D eigenvalue weighted by molar-refractivity contribution is 0.186. The van der Waals surface area contributed by atoms with E-state index in [1.807, 2.05) is 11.3 Å². The lowest BCUT2D eigenvalue weighted by atomic mass is 9.96. The SMILES string of the molecule is CC(C)(C)CN(CCC#N)Cc1csc(C2CCCC2)n1. The van der Waals surface area contributed by atoms with Crippen LogP contribution in [0.4, 0.5) is 0 Å². The molecule has 0 aromatic carbocycles. The minimum atomic E-state index is 0.250. The molecule has 1 aromatic heterocycles. The van der Waals surface area contributed by atoms with Gasteiger partial charge < -0.3 is 0 Å². The summed E-state index contributed by atoms with van der Waals surface area (Å²) in [5.74, 6) is 0.707. The molecular formula is C17H27N3S. The first-order valence-electron chi connectivity index (χ1n) is 8.01. The van der Waals surface area contributed by atoms with Crippen molar-refractivity contribution in [3.63, 3.8) is 0 Å². The highest BCUT2D eigenvalue weighted by molar-refractivity contribution is 7.09. The van der Waals surface area contributed by atoms with Crippen LogP contribution in [-0.2, 0) is 6.54 Å². The summed E-state index contributed by atoms with van der Waals surface area (Å²) in [5.41, 5.74) is 1.43. The maximum Gasteiger partial charge on any atom is 0.0959 e. The summed E-state index contributed by atoms with van der Waals surface area (Å²) in [6.07, 6.45) is 5.94. The number of nitriles is 1. The second-order valence-corrected chi connectivity index (χ2v) is 8.23. The summed E-state index contributed by atoms with van der Waals surface area (Å²) in [7, 11) is 0. The Morgan fingerprint density at radius 3 is 2.71 bits per heavy atom. The van der Waals surface area contributed by atoms with Gasteiger partial charge in [-0.15, -0.1) is 11.3 Å². The molecule has 116 valence electrons. The van der Waals surface area contributed by atoms with Crippen molar-refractivity contribution in [3.8, 4) is 6.07 Å². The van der Waals surface area contributed by atoms with Gasteiger partial charge in [-0.2, -0.15) is 5.26 Å². The molecule has 0 N–H and O–H groups in total. The molecule has 0 saturated heterocycles. The molecule has 0 unspecified atom stereocenters. The van der Waals surface area contributed by atoms with Gasteiger partial charge >= 0.3 is 0 Å². The molecule has 0 spiro atoms. The first kappa shape index (κ1) is 16.5. The molecule has 0 amide bonds. The molecule has 0 atom stereocenters. The molecule has 1 heterocycles. The third kappa shape index (κ3) is 5.41. The number of rotatable bonds is 6. The zero-order valence-corrected chi connectivity index (χ0v) is 14.4. The van der Waals surface area contributed by atoms with E-state index in [-0.39, 0.29) is 5.41 Å². The number of aromatic nitrogens is 1. The molecule has 1 fully saturated rings. The Labute approximate surface area is 133 Å². The van der Waals surface area contributed by atoms with Crippen LogP contribution in [0.2, 0.25) is 0 Å². The van der Waals surface area contributed by atoms with E-state index in [2.05, 4.69) is 37.1 Å². The Morgan fingerprint density at radius 2 is 2.10 bits per heavy atom. The normalized spacial score (nSPS) is 16.5. The summed E-state index contributed by atoms with van der Waals surface area (Å²) in [6.45, 7) is 9.46. The van der Waals surface area contributed by atoms with Crippen LogP contribution in [0.25, 0.3) is 0 Å². The first-order valence-corrected chi connectivity index (χ1v) is 8.89. The fraction of sp³-hybridized carbons (Fsp3) is 0.765. The largest absolute Gasteiger partial charge is 0.296 e. The van der Waals surface area contributed by atoms with Crippen LogP contribution >= 0.6 is 11.3 Å². The van der Waals surface area contributed by atoms with E-state index in [0.717, 1.165) is 19.6 Å². The maximum absolute atomic E-state index is 8.84. The van der Waals surface area contributed by atoms with Gasteiger partial charge in [-0.3, -0.25) is 4.90 Å². The average Bonchev–Trinajstić information content (AvgIpc) is 3.04. The molecule has 21 heavy (non-hydrogen) atoms. The summed E-state index contributed by atoms with van der Waals surface area (Å²) in [5, 5.41) is 12.4. The molecule has 1 aliphatic rings. The standard InChI is InChI=1S/C17H27N3S/c1-17(2,3)13-20(10-6-9-18)11-15-12-21-16(19-15)14-7-4-5-8-14/h12,14H,4-8,10-11,13H2,1-3H3. The summed E-state index contributed by atoms with van der Waals surface area (Å²) < 4.78 is 0. The van der Waals surface area contributed by atoms with Crippen molar-refractivity contribution in [1.29, 1.82) is 5.26 Å². The number of hydrogen-bond acceptors (Lipinski definition) is 4. The van der Waals surface area contributed by atoms with Gasteiger partial charge in [0.25, 0.3) is 0 Å². The van der Waals surface area contributed by atoms with Gasteiger partial charge in [0.15, 0.2) is 0 Å². The van der Waals surface area contributed by atoms with Gasteiger partial charge in [0, 0.05) is 37.4 Å². The molecule has 0 bridgehead atoms. The monoisotopic (exact) mass is 305 g/mol. The smallest absolute Gasteiger partial charge is 0.0959 e. The van der Waals surface area contributed by atoms with E-state index < -0.39 is 0 Å². The fourth-order valence-corrected chi connectivity index (χ4v) is 4.06. The fourth-order valence-electron chi connectivity index (χ4n) is 3.08. The number of thiazole rings is 1. The van der Waals surface area contributed by atoms with E-state index in [1.54, 1.807) is 0 Å². The van der Waals surface area contributed by atoms with Gasteiger partial charge in [0.1, 0.15) is 0 Å². The maximum atomic E-state index is 8.84. The van der Waals surface area contributed by atoms with Gasteiger partial charge in [-0.05, 0) is 18.3 Å². The minimum Gasteiger partial charge on any atom is -0.296 e. The van der Waals surface area contributed by atoms with Crippen LogP contribution in [0, 0.1) is 16.7 Å². The van der Waals surface area contributed by atoms with Crippen molar-refractivity contribution in [2.45, 2.75) is 65.3 Å². The highest BCUT2D eigenvalue weighted by atomic mass is 32.1. The van der Waals surface area contributed by atoms with Crippen molar-refractivity contribution >= 4 is 11.3 Å². The van der Waals surface area contributed by atoms with Crippen LogP contribution < -0.4 is 0 Å². The topological polar surface area (TPSA) is 39.9 Å². The molecule has 1 aliphatic carbocycles. The molecule has 1 aromatic rings. The highest BCUT2D eigenvalue weighted by Gasteiger charge is 2.21. The Morgan fingerprint density at radius 1 is 1.38 bits per heavy atom. The second kappa shape index (κ2) is 7.38. The lowest BCUT2D eigenvalue weighted by Gasteiger charge is -2.28. The van der Waals surface area contributed by atoms with Crippen LogP contribution in [0.5, 0.6) is 0 Å². The number of nitrogens with zero attached hydrogens (tertiary/aromatic N) is 3. The molecule has 4 heteroatoms. The number of hydrogen-bond donors (Lipinski definition) is 0. The Balaban J connectivity index is 1.97. The van der Waals surface area contributed by atoms with E-state index in [4.69, 9.17) is 10.2 Å². The van der Waals surface area contributed by atoms with Gasteiger partial charge in [-0.25, -0.2) is 4.98 Å². The Bertz CT molecular complexity index is 475. The van der Waals surface area contributed by atoms with Crippen LogP contribution in [0.3, 0.4) is 0 Å². The zero-order chi connectivity index (χ0) is 15.3. The van der Waals surface area contributed by atoms with Crippen molar-refractivity contribution in [1.82, 2.24) is 9.88 Å². The van der Waals surface area contributed by atoms with Crippen LogP contribution in [-0.4, -0.2) is 23.0 Å². The average molecular weight is 305 g/mol. The lowest BCUT2D eigenvalue weighted by Crippen LogP contribution is -2.33. The molecule has 2 rings (SSSR count). The zero-order valence-electron chi connectivity index (χ0n) is 13.6. The molecule has 1 saturated carbocycles. The van der Waals surface area contributed by atoms with Crippen LogP contribution in [0.15, 0.2) is 5.38 Å². The van der Waals surface area contributed by atoms with E-state index in [1.165, 1.54) is 36.4 Å². The highest BCUT2D eigenvalue weighted by Crippen LogP contribution is 2.35. The molecule has 3 nitrogen and oxygen atoms in total. The predicted molar refractivity (Wildman–Crippen MR) is 88.3 cm³/mol. The molecule has 0 radical (unpaired) electrons. The molecular weight excluding hydrogens is 278 g/mol. The quantitative estimate of drug-likeness (QED) is 0.773. The van der Waals surface area contributed by atoms with E-state index in [0.29, 0.717) is 12.3 Å². The van der Waals surface area contributed by atoms with Crippen molar-refractivity contribution in [2.75, 3.05) is 13.1 Å². The van der Waals surface area contributed by atoms with Gasteiger partial charge in [0.05, 0.1) is 16.8 Å². The Hall–Kier alpha value is -0.920. The van der Waals surface area contributed by atoms with Crippen molar-refractivity contribution in [3.05, 3.63) is 16.1 Å². The first-order chi connectivity index (χ1) is 9.98. The van der Waals surface area contributed by atoms with Crippen molar-refractivity contribution < 1.29 is 0 Å². The van der Waals surface area contributed by atoms with Crippen LogP contribution in [0.1, 0.15) is 69.5 Å². The second-order valence-electron chi connectivity index (χ2n) is 7.34. The minimum absolute atomic E-state index is 0.250. The van der Waals surface area contributed by atoms with E-state index in [9.17, 15) is 0 Å². The third-order valence-electron chi connectivity index (χ3n) is 3.90. The van der Waals surface area contributed by atoms with E-state index >= 15 is 0 Å². The van der Waals surface area contributed by atoms with Crippen molar-refractivity contribution in [2.24, 2.45) is 5.41 Å².